The minimum Gasteiger partial charge on any atom is -0.354 e. The van der Waals surface area contributed by atoms with Crippen LogP contribution in [0.5, 0.6) is 0 Å². The highest BCUT2D eigenvalue weighted by atomic mass is 79.9. The number of anilines is 1. The number of aromatic nitrogens is 1. The minimum absolute atomic E-state index is 0.757. The quantitative estimate of drug-likeness (QED) is 0.831. The van der Waals surface area contributed by atoms with Crippen LogP contribution in [0.2, 0.25) is 0 Å². The highest BCUT2D eigenvalue weighted by Gasteiger charge is 2.21. The second-order valence-corrected chi connectivity index (χ2v) is 5.92. The summed E-state index contributed by atoms with van der Waals surface area (Å²) in [6.45, 7) is 4.49. The van der Waals surface area contributed by atoms with Gasteiger partial charge in [-0.05, 0) is 34.5 Å². The zero-order valence-electron chi connectivity index (χ0n) is 8.82. The molecule has 4 heteroatoms. The molecule has 1 unspecified atom stereocenters. The summed E-state index contributed by atoms with van der Waals surface area (Å²) in [5.41, 5.74) is 0. The van der Waals surface area contributed by atoms with Crippen molar-refractivity contribution in [3.05, 3.63) is 22.8 Å². The number of hydrogen-bond acceptors (Lipinski definition) is 3. The summed E-state index contributed by atoms with van der Waals surface area (Å²) >= 11 is 5.65. The summed E-state index contributed by atoms with van der Waals surface area (Å²) in [6, 6.07) is 4.02. The van der Waals surface area contributed by atoms with E-state index >= 15 is 0 Å². The predicted molar refractivity (Wildman–Crippen MR) is 70.7 cm³/mol. The fourth-order valence-electron chi connectivity index (χ4n) is 1.77. The molecule has 2 nitrogen and oxygen atoms in total. The maximum Gasteiger partial charge on any atom is 0.142 e. The van der Waals surface area contributed by atoms with E-state index in [9.17, 15) is 0 Å². The van der Waals surface area contributed by atoms with Crippen LogP contribution in [-0.2, 0) is 0 Å². The molecule has 0 aliphatic carbocycles. The lowest BCUT2D eigenvalue weighted by molar-refractivity contribution is 0.719. The Morgan fingerprint density at radius 2 is 2.53 bits per heavy atom. The molecule has 2 heterocycles. The summed E-state index contributed by atoms with van der Waals surface area (Å²) in [5, 5.41) is 0.757. The number of hydrogen-bond donors (Lipinski definition) is 0. The summed E-state index contributed by atoms with van der Waals surface area (Å²) < 4.78 is 1.10. The van der Waals surface area contributed by atoms with E-state index in [0.717, 1.165) is 28.6 Å². The molecule has 2 rings (SSSR count). The second-order valence-electron chi connectivity index (χ2n) is 3.66. The highest BCUT2D eigenvalue weighted by Crippen LogP contribution is 2.28. The molecule has 0 spiro atoms. The van der Waals surface area contributed by atoms with Gasteiger partial charge in [0.1, 0.15) is 5.82 Å². The average molecular weight is 287 g/mol. The largest absolute Gasteiger partial charge is 0.354 e. The predicted octanol–water partition coefficient (Wildman–Crippen LogP) is 3.18. The van der Waals surface area contributed by atoms with Gasteiger partial charge in [0, 0.05) is 30.3 Å². The van der Waals surface area contributed by atoms with Crippen LogP contribution in [-0.4, -0.2) is 29.1 Å². The van der Waals surface area contributed by atoms with Gasteiger partial charge in [0.15, 0.2) is 0 Å². The molecule has 1 fully saturated rings. The van der Waals surface area contributed by atoms with E-state index in [4.69, 9.17) is 0 Å². The molecule has 1 aliphatic rings. The molecular weight excluding hydrogens is 272 g/mol. The third kappa shape index (κ3) is 2.67. The lowest BCUT2D eigenvalue weighted by Crippen LogP contribution is -2.38. The summed E-state index contributed by atoms with van der Waals surface area (Å²) in [4.78, 5) is 6.82. The van der Waals surface area contributed by atoms with Crippen molar-refractivity contribution in [2.75, 3.05) is 23.7 Å². The normalized spacial score (nSPS) is 21.7. The molecule has 1 atom stereocenters. The molecule has 0 radical (unpaired) electrons. The number of halogens is 1. The Bertz CT molecular complexity index is 332. The average Bonchev–Trinajstić information content (AvgIpc) is 2.30. The van der Waals surface area contributed by atoms with E-state index in [-0.39, 0.29) is 0 Å². The first kappa shape index (κ1) is 11.3. The van der Waals surface area contributed by atoms with Gasteiger partial charge in [-0.3, -0.25) is 0 Å². The Hall–Kier alpha value is -0.220. The first-order valence-corrected chi connectivity index (χ1v) is 7.12. The Morgan fingerprint density at radius 3 is 3.27 bits per heavy atom. The van der Waals surface area contributed by atoms with Crippen LogP contribution in [0.4, 0.5) is 5.82 Å². The molecule has 0 N–H and O–H groups in total. The standard InChI is InChI=1S/C11H15BrN2S/c1-2-9-8-14(6-7-15-9)11-10(12)4-3-5-13-11/h3-5,9H,2,6-8H2,1H3. The van der Waals surface area contributed by atoms with Crippen molar-refractivity contribution in [3.8, 4) is 0 Å². The van der Waals surface area contributed by atoms with Crippen LogP contribution in [0.3, 0.4) is 0 Å². The molecule has 82 valence electrons. The maximum absolute atomic E-state index is 4.44. The monoisotopic (exact) mass is 286 g/mol. The smallest absolute Gasteiger partial charge is 0.142 e. The lowest BCUT2D eigenvalue weighted by Gasteiger charge is -2.33. The van der Waals surface area contributed by atoms with Crippen molar-refractivity contribution >= 4 is 33.5 Å². The topological polar surface area (TPSA) is 16.1 Å². The maximum atomic E-state index is 4.44. The fourth-order valence-corrected chi connectivity index (χ4v) is 3.45. The zero-order valence-corrected chi connectivity index (χ0v) is 11.2. The van der Waals surface area contributed by atoms with Crippen LogP contribution in [0, 0.1) is 0 Å². The van der Waals surface area contributed by atoms with Gasteiger partial charge in [-0.25, -0.2) is 4.98 Å². The molecule has 15 heavy (non-hydrogen) atoms. The molecule has 1 aromatic heterocycles. The van der Waals surface area contributed by atoms with E-state index in [0.29, 0.717) is 0 Å². The number of rotatable bonds is 2. The van der Waals surface area contributed by atoms with Gasteiger partial charge in [0.2, 0.25) is 0 Å². The molecule has 1 aromatic rings. The fraction of sp³-hybridized carbons (Fsp3) is 0.545. The first-order valence-electron chi connectivity index (χ1n) is 5.28. The van der Waals surface area contributed by atoms with Crippen LogP contribution in [0.1, 0.15) is 13.3 Å². The lowest BCUT2D eigenvalue weighted by atomic mass is 10.3. The van der Waals surface area contributed by atoms with Gasteiger partial charge in [-0.15, -0.1) is 0 Å². The zero-order chi connectivity index (χ0) is 10.7. The third-order valence-corrected chi connectivity index (χ3v) is 4.62. The molecule has 1 aliphatic heterocycles. The minimum atomic E-state index is 0.757. The van der Waals surface area contributed by atoms with Gasteiger partial charge in [-0.2, -0.15) is 11.8 Å². The molecular formula is C11H15BrN2S. The number of nitrogens with zero attached hydrogens (tertiary/aromatic N) is 2. The Balaban J connectivity index is 2.13. The van der Waals surface area contributed by atoms with Crippen LogP contribution < -0.4 is 4.90 Å². The van der Waals surface area contributed by atoms with Crippen LogP contribution in [0.25, 0.3) is 0 Å². The van der Waals surface area contributed by atoms with Crippen molar-refractivity contribution in [2.45, 2.75) is 18.6 Å². The van der Waals surface area contributed by atoms with Gasteiger partial charge in [-0.1, -0.05) is 6.92 Å². The SMILES string of the molecule is CCC1CN(c2ncccc2Br)CCS1. The van der Waals surface area contributed by atoms with Crippen molar-refractivity contribution in [1.29, 1.82) is 0 Å². The third-order valence-electron chi connectivity index (χ3n) is 2.63. The first-order chi connectivity index (χ1) is 7.31. The van der Waals surface area contributed by atoms with E-state index < -0.39 is 0 Å². The molecule has 0 amide bonds. The van der Waals surface area contributed by atoms with E-state index in [1.807, 2.05) is 12.3 Å². The number of thioether (sulfide) groups is 1. The van der Waals surface area contributed by atoms with Crippen LogP contribution >= 0.6 is 27.7 Å². The van der Waals surface area contributed by atoms with Gasteiger partial charge in [0.25, 0.3) is 0 Å². The summed E-state index contributed by atoms with van der Waals surface area (Å²) in [6.07, 6.45) is 3.11. The van der Waals surface area contributed by atoms with E-state index in [1.54, 1.807) is 0 Å². The Morgan fingerprint density at radius 1 is 1.67 bits per heavy atom. The molecule has 0 saturated carbocycles. The Kier molecular flexibility index (Phi) is 3.92. The van der Waals surface area contributed by atoms with Gasteiger partial charge < -0.3 is 4.90 Å². The van der Waals surface area contributed by atoms with Gasteiger partial charge >= 0.3 is 0 Å². The van der Waals surface area contributed by atoms with Crippen LogP contribution in [0.15, 0.2) is 22.8 Å². The summed E-state index contributed by atoms with van der Waals surface area (Å²) in [5.74, 6) is 2.30. The molecule has 0 bridgehead atoms. The molecule has 1 saturated heterocycles. The van der Waals surface area contributed by atoms with E-state index in [2.05, 4.69) is 50.6 Å². The van der Waals surface area contributed by atoms with E-state index in [1.165, 1.54) is 12.2 Å². The molecule has 0 aromatic carbocycles. The van der Waals surface area contributed by atoms with Crippen molar-refractivity contribution in [3.63, 3.8) is 0 Å². The van der Waals surface area contributed by atoms with Gasteiger partial charge in [0.05, 0.1) is 4.47 Å². The Labute approximate surface area is 104 Å². The van der Waals surface area contributed by atoms with Crippen molar-refractivity contribution in [1.82, 2.24) is 4.98 Å². The van der Waals surface area contributed by atoms with Crippen molar-refractivity contribution in [2.24, 2.45) is 0 Å². The summed E-state index contributed by atoms with van der Waals surface area (Å²) in [7, 11) is 0. The highest BCUT2D eigenvalue weighted by molar-refractivity contribution is 9.10. The number of pyridine rings is 1. The second kappa shape index (κ2) is 5.21. The van der Waals surface area contributed by atoms with Crippen molar-refractivity contribution < 1.29 is 0 Å².